The number of amidine groups is 1. The average Bonchev–Trinajstić information content (AvgIpc) is 2.16. The highest BCUT2D eigenvalue weighted by molar-refractivity contribution is 5.93. The summed E-state index contributed by atoms with van der Waals surface area (Å²) in [5, 5.41) is 7.45. The van der Waals surface area contributed by atoms with Crippen molar-refractivity contribution in [1.82, 2.24) is 0 Å². The van der Waals surface area contributed by atoms with Crippen LogP contribution in [0.2, 0.25) is 0 Å². The van der Waals surface area contributed by atoms with Crippen LogP contribution in [0.3, 0.4) is 0 Å². The van der Waals surface area contributed by atoms with Crippen LogP contribution in [0.25, 0.3) is 0 Å². The topological polar surface area (TPSA) is 36.3 Å². The van der Waals surface area contributed by atoms with E-state index in [9.17, 15) is 0 Å². The van der Waals surface area contributed by atoms with Crippen LogP contribution >= 0.6 is 0 Å². The zero-order valence-corrected chi connectivity index (χ0v) is 8.16. The van der Waals surface area contributed by atoms with Gasteiger partial charge in [0.1, 0.15) is 5.75 Å². The fourth-order valence-electron chi connectivity index (χ4n) is 1.01. The zero-order chi connectivity index (χ0) is 9.84. The van der Waals surface area contributed by atoms with Gasteiger partial charge in [-0.15, -0.1) is 0 Å². The average molecular weight is 178 g/mol. The highest BCUT2D eigenvalue weighted by Crippen LogP contribution is 2.19. The summed E-state index contributed by atoms with van der Waals surface area (Å²) >= 11 is 0. The lowest BCUT2D eigenvalue weighted by Crippen LogP contribution is -2.21. The Kier molecular flexibility index (Phi) is 2.90. The van der Waals surface area contributed by atoms with Gasteiger partial charge in [0.05, 0.1) is 12.9 Å². The number of nitrogens with zero attached hydrogens (tertiary/aromatic N) is 1. The summed E-state index contributed by atoms with van der Waals surface area (Å²) in [6.45, 7) is 1.75. The number of benzene rings is 1. The predicted octanol–water partition coefficient (Wildman–Crippen LogP) is 2.13. The molecule has 0 aromatic heterocycles. The summed E-state index contributed by atoms with van der Waals surface area (Å²) in [5.41, 5.74) is 0.965. The molecule has 0 bridgehead atoms. The van der Waals surface area contributed by atoms with Gasteiger partial charge in [-0.2, -0.15) is 0 Å². The first-order valence-corrected chi connectivity index (χ1v) is 4.08. The zero-order valence-electron chi connectivity index (χ0n) is 8.16. The molecule has 0 aliphatic carbocycles. The second-order valence-electron chi connectivity index (χ2n) is 2.85. The molecule has 3 heteroatoms. The van der Waals surface area contributed by atoms with E-state index >= 15 is 0 Å². The van der Waals surface area contributed by atoms with Crippen LogP contribution in [0, 0.1) is 5.41 Å². The Labute approximate surface area is 78.4 Å². The van der Waals surface area contributed by atoms with Crippen LogP contribution in [-0.4, -0.2) is 20.0 Å². The third kappa shape index (κ3) is 2.21. The van der Waals surface area contributed by atoms with Crippen molar-refractivity contribution in [1.29, 1.82) is 5.41 Å². The molecule has 0 aliphatic rings. The number of nitrogens with one attached hydrogen (secondary N) is 1. The Balaban J connectivity index is 2.94. The third-order valence-corrected chi connectivity index (χ3v) is 1.94. The molecule has 1 aromatic carbocycles. The lowest BCUT2D eigenvalue weighted by molar-refractivity contribution is 0.415. The molecule has 0 radical (unpaired) electrons. The molecule has 0 aliphatic heterocycles. The van der Waals surface area contributed by atoms with E-state index in [-0.39, 0.29) is 0 Å². The van der Waals surface area contributed by atoms with Crippen molar-refractivity contribution in [3.63, 3.8) is 0 Å². The highest BCUT2D eigenvalue weighted by Gasteiger charge is 2.02. The molecule has 0 heterocycles. The molecule has 70 valence electrons. The number of hydrogen-bond acceptors (Lipinski definition) is 2. The van der Waals surface area contributed by atoms with Gasteiger partial charge in [0.25, 0.3) is 0 Å². The minimum Gasteiger partial charge on any atom is -0.497 e. The fourth-order valence-corrected chi connectivity index (χ4v) is 1.01. The van der Waals surface area contributed by atoms with Crippen molar-refractivity contribution in [3.8, 4) is 5.75 Å². The Morgan fingerprint density at radius 3 is 2.69 bits per heavy atom. The van der Waals surface area contributed by atoms with Gasteiger partial charge in [-0.25, -0.2) is 0 Å². The Morgan fingerprint density at radius 1 is 1.46 bits per heavy atom. The maximum absolute atomic E-state index is 7.45. The largest absolute Gasteiger partial charge is 0.497 e. The molecule has 0 unspecified atom stereocenters. The van der Waals surface area contributed by atoms with Crippen LogP contribution in [0.5, 0.6) is 5.75 Å². The highest BCUT2D eigenvalue weighted by atomic mass is 16.5. The number of methoxy groups -OCH3 is 1. The van der Waals surface area contributed by atoms with Gasteiger partial charge in [0.15, 0.2) is 0 Å². The van der Waals surface area contributed by atoms with Crippen molar-refractivity contribution in [2.75, 3.05) is 19.1 Å². The lowest BCUT2D eigenvalue weighted by Gasteiger charge is -2.17. The normalized spacial score (nSPS) is 9.46. The molecule has 0 saturated carbocycles. The standard InChI is InChI=1S/C10H14N2O/c1-8(11)12(2)9-5-4-6-10(7-9)13-3/h4-7,11H,1-3H3. The van der Waals surface area contributed by atoms with Gasteiger partial charge in [0.2, 0.25) is 0 Å². The summed E-state index contributed by atoms with van der Waals surface area (Å²) in [6.07, 6.45) is 0. The van der Waals surface area contributed by atoms with Crippen molar-refractivity contribution >= 4 is 11.5 Å². The first-order chi connectivity index (χ1) is 6.15. The number of rotatable bonds is 2. The summed E-state index contributed by atoms with van der Waals surface area (Å²) in [6, 6.07) is 7.64. The van der Waals surface area contributed by atoms with Crippen molar-refractivity contribution in [3.05, 3.63) is 24.3 Å². The van der Waals surface area contributed by atoms with Crippen LogP contribution < -0.4 is 9.64 Å². The predicted molar refractivity (Wildman–Crippen MR) is 54.8 cm³/mol. The third-order valence-electron chi connectivity index (χ3n) is 1.94. The van der Waals surface area contributed by atoms with Crippen LogP contribution in [0.15, 0.2) is 24.3 Å². The van der Waals surface area contributed by atoms with E-state index in [4.69, 9.17) is 10.1 Å². The Hall–Kier alpha value is -1.51. The summed E-state index contributed by atoms with van der Waals surface area (Å²) in [4.78, 5) is 1.79. The smallest absolute Gasteiger partial charge is 0.120 e. The minimum absolute atomic E-state index is 0.508. The molecule has 0 saturated heterocycles. The van der Waals surface area contributed by atoms with Crippen molar-refractivity contribution in [2.24, 2.45) is 0 Å². The van der Waals surface area contributed by atoms with Gasteiger partial charge in [-0.05, 0) is 19.1 Å². The molecule has 0 amide bonds. The van der Waals surface area contributed by atoms with E-state index in [1.54, 1.807) is 18.9 Å². The van der Waals surface area contributed by atoms with E-state index in [0.29, 0.717) is 5.84 Å². The van der Waals surface area contributed by atoms with Gasteiger partial charge in [-0.1, -0.05) is 6.07 Å². The second kappa shape index (κ2) is 3.94. The van der Waals surface area contributed by atoms with Gasteiger partial charge < -0.3 is 9.64 Å². The Bertz CT molecular complexity index is 310. The number of anilines is 1. The quantitative estimate of drug-likeness (QED) is 0.556. The van der Waals surface area contributed by atoms with Crippen LogP contribution in [0.1, 0.15) is 6.92 Å². The van der Waals surface area contributed by atoms with Gasteiger partial charge >= 0.3 is 0 Å². The van der Waals surface area contributed by atoms with E-state index in [2.05, 4.69) is 0 Å². The molecule has 13 heavy (non-hydrogen) atoms. The number of ether oxygens (including phenoxy) is 1. The summed E-state index contributed by atoms with van der Waals surface area (Å²) < 4.78 is 5.09. The van der Waals surface area contributed by atoms with E-state index in [1.165, 1.54) is 0 Å². The van der Waals surface area contributed by atoms with E-state index in [0.717, 1.165) is 11.4 Å². The lowest BCUT2D eigenvalue weighted by atomic mass is 10.3. The van der Waals surface area contributed by atoms with Crippen LogP contribution in [-0.2, 0) is 0 Å². The molecular formula is C10H14N2O. The molecule has 3 nitrogen and oxygen atoms in total. The molecule has 1 aromatic rings. The monoisotopic (exact) mass is 178 g/mol. The fraction of sp³-hybridized carbons (Fsp3) is 0.300. The maximum atomic E-state index is 7.45. The molecule has 0 fully saturated rings. The molecule has 0 spiro atoms. The van der Waals surface area contributed by atoms with E-state index in [1.807, 2.05) is 31.3 Å². The molecule has 1 rings (SSSR count). The maximum Gasteiger partial charge on any atom is 0.120 e. The SMILES string of the molecule is COc1cccc(N(C)C(C)=N)c1. The first kappa shape index (κ1) is 9.58. The van der Waals surface area contributed by atoms with Crippen molar-refractivity contribution in [2.45, 2.75) is 6.92 Å². The minimum atomic E-state index is 0.508. The summed E-state index contributed by atoms with van der Waals surface area (Å²) in [5.74, 6) is 1.32. The molecular weight excluding hydrogens is 164 g/mol. The summed E-state index contributed by atoms with van der Waals surface area (Å²) in [7, 11) is 3.49. The Morgan fingerprint density at radius 2 is 2.15 bits per heavy atom. The first-order valence-electron chi connectivity index (χ1n) is 4.08. The number of hydrogen-bond donors (Lipinski definition) is 1. The van der Waals surface area contributed by atoms with Crippen LogP contribution in [0.4, 0.5) is 5.69 Å². The van der Waals surface area contributed by atoms with Gasteiger partial charge in [-0.3, -0.25) is 5.41 Å². The van der Waals surface area contributed by atoms with Gasteiger partial charge in [0, 0.05) is 18.8 Å². The molecule has 1 N–H and O–H groups in total. The van der Waals surface area contributed by atoms with E-state index < -0.39 is 0 Å². The molecule has 0 atom stereocenters. The van der Waals surface area contributed by atoms with Crippen molar-refractivity contribution < 1.29 is 4.74 Å². The second-order valence-corrected chi connectivity index (χ2v) is 2.85.